The van der Waals surface area contributed by atoms with E-state index in [1.165, 1.54) is 11.1 Å². The minimum atomic E-state index is -3.66. The Labute approximate surface area is 136 Å². The van der Waals surface area contributed by atoms with Crippen LogP contribution in [0.1, 0.15) is 35.6 Å². The summed E-state index contributed by atoms with van der Waals surface area (Å²) in [7, 11) is -1.75. The minimum absolute atomic E-state index is 0.178. The van der Waals surface area contributed by atoms with Crippen LogP contribution in [-0.2, 0) is 29.9 Å². The number of hydrogen-bond donors (Lipinski definition) is 2. The van der Waals surface area contributed by atoms with Crippen LogP contribution in [0.25, 0.3) is 0 Å². The molecule has 3 N–H and O–H groups in total. The first-order chi connectivity index (χ1) is 10.9. The fraction of sp³-hybridized carbons (Fsp3) is 0.438. The van der Waals surface area contributed by atoms with Crippen molar-refractivity contribution in [2.45, 2.75) is 36.6 Å². The van der Waals surface area contributed by atoms with Gasteiger partial charge in [0.05, 0.1) is 11.1 Å². The molecule has 1 aromatic carbocycles. The van der Waals surface area contributed by atoms with Crippen molar-refractivity contribution in [3.05, 3.63) is 47.3 Å². The van der Waals surface area contributed by atoms with Crippen LogP contribution in [0.5, 0.6) is 0 Å². The lowest BCUT2D eigenvalue weighted by Crippen LogP contribution is -2.27. The predicted octanol–water partition coefficient (Wildman–Crippen LogP) is 1.28. The molecular formula is C16H22N4O2S. The zero-order chi connectivity index (χ0) is 16.4. The first kappa shape index (κ1) is 16.2. The number of rotatable bonds is 5. The third-order valence-corrected chi connectivity index (χ3v) is 5.23. The molecule has 23 heavy (non-hydrogen) atoms. The monoisotopic (exact) mass is 334 g/mol. The van der Waals surface area contributed by atoms with Crippen LogP contribution >= 0.6 is 0 Å². The maximum atomic E-state index is 11.6. The summed E-state index contributed by atoms with van der Waals surface area (Å²) >= 11 is 0. The summed E-state index contributed by atoms with van der Waals surface area (Å²) in [6.07, 6.45) is 7.88. The number of aromatic nitrogens is 2. The molecule has 0 radical (unpaired) electrons. The molecule has 124 valence electrons. The van der Waals surface area contributed by atoms with Crippen molar-refractivity contribution >= 4 is 10.0 Å². The molecule has 0 bridgehead atoms. The molecule has 1 heterocycles. The van der Waals surface area contributed by atoms with Gasteiger partial charge >= 0.3 is 0 Å². The second-order valence-corrected chi connectivity index (χ2v) is 7.64. The van der Waals surface area contributed by atoms with E-state index < -0.39 is 10.0 Å². The van der Waals surface area contributed by atoms with Gasteiger partial charge < -0.3 is 5.32 Å². The first-order valence-corrected chi connectivity index (χ1v) is 9.34. The van der Waals surface area contributed by atoms with Gasteiger partial charge in [0.25, 0.3) is 0 Å². The maximum absolute atomic E-state index is 11.6. The topological polar surface area (TPSA) is 90.0 Å². The van der Waals surface area contributed by atoms with Gasteiger partial charge in [-0.15, -0.1) is 0 Å². The Morgan fingerprint density at radius 2 is 2.26 bits per heavy atom. The Kier molecular flexibility index (Phi) is 4.52. The number of sulfonamides is 1. The van der Waals surface area contributed by atoms with Gasteiger partial charge in [-0.3, -0.25) is 4.68 Å². The highest BCUT2D eigenvalue weighted by Gasteiger charge is 2.22. The van der Waals surface area contributed by atoms with Gasteiger partial charge in [0.2, 0.25) is 10.0 Å². The third kappa shape index (κ3) is 3.80. The lowest BCUT2D eigenvalue weighted by atomic mass is 9.87. The molecule has 7 heteroatoms. The fourth-order valence-electron chi connectivity index (χ4n) is 3.16. The molecule has 3 rings (SSSR count). The lowest BCUT2D eigenvalue weighted by Gasteiger charge is -2.27. The van der Waals surface area contributed by atoms with E-state index >= 15 is 0 Å². The smallest absolute Gasteiger partial charge is 0.238 e. The van der Waals surface area contributed by atoms with E-state index in [1.807, 2.05) is 25.5 Å². The summed E-state index contributed by atoms with van der Waals surface area (Å²) in [6.45, 7) is 0.829. The van der Waals surface area contributed by atoms with Gasteiger partial charge in [-0.25, -0.2) is 13.6 Å². The van der Waals surface area contributed by atoms with E-state index in [1.54, 1.807) is 16.8 Å². The number of primary sulfonamides is 1. The minimum Gasteiger partial charge on any atom is -0.310 e. The van der Waals surface area contributed by atoms with Gasteiger partial charge in [-0.05, 0) is 61.1 Å². The van der Waals surface area contributed by atoms with Crippen molar-refractivity contribution in [1.82, 2.24) is 15.1 Å². The average molecular weight is 334 g/mol. The Bertz CT molecular complexity index is 798. The van der Waals surface area contributed by atoms with Crippen LogP contribution in [-0.4, -0.2) is 24.7 Å². The number of hydrogen-bond acceptors (Lipinski definition) is 4. The van der Waals surface area contributed by atoms with E-state index in [-0.39, 0.29) is 10.9 Å². The molecule has 2 aromatic rings. The van der Waals surface area contributed by atoms with Gasteiger partial charge in [-0.2, -0.15) is 5.10 Å². The maximum Gasteiger partial charge on any atom is 0.238 e. The highest BCUT2D eigenvalue weighted by Crippen LogP contribution is 2.31. The van der Waals surface area contributed by atoms with E-state index in [9.17, 15) is 8.42 Å². The normalized spacial score (nSPS) is 17.9. The van der Waals surface area contributed by atoms with Gasteiger partial charge in [0.1, 0.15) is 0 Å². The number of nitrogens with two attached hydrogens (primary N) is 1. The van der Waals surface area contributed by atoms with Crippen molar-refractivity contribution in [2.24, 2.45) is 12.2 Å². The molecular weight excluding hydrogens is 312 g/mol. The first-order valence-electron chi connectivity index (χ1n) is 7.80. The van der Waals surface area contributed by atoms with Crippen LogP contribution in [0.3, 0.4) is 0 Å². The average Bonchev–Trinajstić information content (AvgIpc) is 2.91. The molecule has 0 aliphatic heterocycles. The summed E-state index contributed by atoms with van der Waals surface area (Å²) in [6, 6.07) is 5.40. The number of benzene rings is 1. The van der Waals surface area contributed by atoms with E-state index in [4.69, 9.17) is 5.14 Å². The number of nitrogens with zero attached hydrogens (tertiary/aromatic N) is 2. The predicted molar refractivity (Wildman–Crippen MR) is 88.4 cm³/mol. The second-order valence-electron chi connectivity index (χ2n) is 6.08. The molecule has 0 amide bonds. The zero-order valence-electron chi connectivity index (χ0n) is 13.2. The van der Waals surface area contributed by atoms with Crippen LogP contribution in [0.2, 0.25) is 0 Å². The SMILES string of the molecule is Cn1cc(CCNC2CCCc3ccc(S(N)(=O)=O)cc32)cn1. The standard InChI is InChI=1S/C16H22N4O2S/c1-20-11-12(10-19-20)7-8-18-16-4-2-3-13-5-6-14(9-15(13)16)23(17,21)22/h5-6,9-11,16,18H,2-4,7-8H2,1H3,(H2,17,21,22). The van der Waals surface area contributed by atoms with Crippen molar-refractivity contribution < 1.29 is 8.42 Å². The molecule has 1 unspecified atom stereocenters. The Morgan fingerprint density at radius 3 is 2.96 bits per heavy atom. The van der Waals surface area contributed by atoms with Crippen LogP contribution in [0.4, 0.5) is 0 Å². The lowest BCUT2D eigenvalue weighted by molar-refractivity contribution is 0.462. The molecule has 0 fully saturated rings. The molecule has 1 aliphatic rings. The summed E-state index contributed by atoms with van der Waals surface area (Å²) < 4.78 is 24.9. The number of aryl methyl sites for hydroxylation is 2. The summed E-state index contributed by atoms with van der Waals surface area (Å²) in [5.41, 5.74) is 3.46. The molecule has 1 aromatic heterocycles. The highest BCUT2D eigenvalue weighted by atomic mass is 32.2. The summed E-state index contributed by atoms with van der Waals surface area (Å²) in [5, 5.41) is 13.0. The van der Waals surface area contributed by atoms with Crippen molar-refractivity contribution in [1.29, 1.82) is 0 Å². The van der Waals surface area contributed by atoms with E-state index in [2.05, 4.69) is 10.4 Å². The Morgan fingerprint density at radius 1 is 1.43 bits per heavy atom. The van der Waals surface area contributed by atoms with Crippen molar-refractivity contribution in [2.75, 3.05) is 6.54 Å². The van der Waals surface area contributed by atoms with Crippen LogP contribution in [0.15, 0.2) is 35.5 Å². The number of fused-ring (bicyclic) bond motifs is 1. The molecule has 1 atom stereocenters. The number of nitrogens with one attached hydrogen (secondary N) is 1. The van der Waals surface area contributed by atoms with E-state index in [0.717, 1.165) is 37.8 Å². The van der Waals surface area contributed by atoms with Gasteiger partial charge in [-0.1, -0.05) is 6.07 Å². The Hall–Kier alpha value is -1.70. The molecule has 1 aliphatic carbocycles. The van der Waals surface area contributed by atoms with E-state index in [0.29, 0.717) is 0 Å². The van der Waals surface area contributed by atoms with Crippen molar-refractivity contribution in [3.63, 3.8) is 0 Å². The highest BCUT2D eigenvalue weighted by molar-refractivity contribution is 7.89. The summed E-state index contributed by atoms with van der Waals surface area (Å²) in [4.78, 5) is 0.192. The molecule has 0 saturated heterocycles. The van der Waals surface area contributed by atoms with Gasteiger partial charge in [0.15, 0.2) is 0 Å². The van der Waals surface area contributed by atoms with Crippen LogP contribution < -0.4 is 10.5 Å². The summed E-state index contributed by atoms with van der Waals surface area (Å²) in [5.74, 6) is 0. The van der Waals surface area contributed by atoms with Crippen LogP contribution in [0, 0.1) is 0 Å². The third-order valence-electron chi connectivity index (χ3n) is 4.32. The van der Waals surface area contributed by atoms with Crippen molar-refractivity contribution in [3.8, 4) is 0 Å². The molecule has 0 saturated carbocycles. The Balaban J connectivity index is 1.72. The fourth-order valence-corrected chi connectivity index (χ4v) is 3.71. The molecule has 0 spiro atoms. The second kappa shape index (κ2) is 6.43. The largest absolute Gasteiger partial charge is 0.310 e. The van der Waals surface area contributed by atoms with Gasteiger partial charge in [0, 0.05) is 19.3 Å². The quantitative estimate of drug-likeness (QED) is 0.862. The zero-order valence-corrected chi connectivity index (χ0v) is 14.0. The molecule has 6 nitrogen and oxygen atoms in total.